The number of carbonyl (C=O) groups is 2. The second-order valence-electron chi connectivity index (χ2n) is 9.28. The average molecular weight is 454 g/mol. The first-order valence-electron chi connectivity index (χ1n) is 11.8. The molecule has 2 aliphatic rings. The van der Waals surface area contributed by atoms with Crippen LogP contribution >= 0.6 is 0 Å². The van der Waals surface area contributed by atoms with Crippen LogP contribution in [0.15, 0.2) is 0 Å². The highest BCUT2D eigenvalue weighted by Gasteiger charge is 2.44. The number of halogens is 1. The van der Waals surface area contributed by atoms with Gasteiger partial charge in [0.1, 0.15) is 11.7 Å². The van der Waals surface area contributed by atoms with E-state index in [1.807, 2.05) is 0 Å². The lowest BCUT2D eigenvalue weighted by molar-refractivity contribution is -0.150. The van der Waals surface area contributed by atoms with Crippen molar-refractivity contribution in [2.45, 2.75) is 90.6 Å². The van der Waals surface area contributed by atoms with Crippen molar-refractivity contribution >= 4 is 11.9 Å². The highest BCUT2D eigenvalue weighted by Crippen LogP contribution is 2.44. The van der Waals surface area contributed by atoms with Gasteiger partial charge in [-0.1, -0.05) is 26.7 Å². The minimum absolute atomic E-state index is 0.0754. The summed E-state index contributed by atoms with van der Waals surface area (Å²) < 4.78 is 27.6. The van der Waals surface area contributed by atoms with Crippen LogP contribution in [-0.4, -0.2) is 57.0 Å². The largest absolute Gasteiger partial charge is 0.464 e. The number of hydrogen-bond acceptors (Lipinski definition) is 8. The quantitative estimate of drug-likeness (QED) is 0.539. The number of ether oxygens (including phenoxy) is 2. The molecule has 0 amide bonds. The van der Waals surface area contributed by atoms with Gasteiger partial charge in [-0.15, -0.1) is 5.10 Å². The van der Waals surface area contributed by atoms with Gasteiger partial charge < -0.3 is 14.8 Å². The van der Waals surface area contributed by atoms with E-state index in [-0.39, 0.29) is 24.7 Å². The topological polar surface area (TPSA) is 108 Å². The summed E-state index contributed by atoms with van der Waals surface area (Å²) in [4.78, 5) is 23.6. The van der Waals surface area contributed by atoms with Gasteiger partial charge in [-0.25, -0.2) is 4.39 Å². The van der Waals surface area contributed by atoms with Crippen molar-refractivity contribution in [3.8, 4) is 0 Å². The van der Waals surface area contributed by atoms with Crippen LogP contribution < -0.4 is 5.32 Å². The van der Waals surface area contributed by atoms with Crippen LogP contribution in [0.3, 0.4) is 0 Å². The molecular formula is C22H36FN5O4. The number of esters is 2. The van der Waals surface area contributed by atoms with E-state index < -0.39 is 11.6 Å². The van der Waals surface area contributed by atoms with E-state index in [2.05, 4.69) is 34.7 Å². The Morgan fingerprint density at radius 2 is 2.06 bits per heavy atom. The van der Waals surface area contributed by atoms with Crippen LogP contribution in [0.2, 0.25) is 0 Å². The van der Waals surface area contributed by atoms with Crippen molar-refractivity contribution in [1.82, 2.24) is 25.5 Å². The number of hydrogen-bond donors (Lipinski definition) is 1. The molecule has 1 aromatic rings. The maximum Gasteiger partial charge on any atom is 0.323 e. The van der Waals surface area contributed by atoms with Crippen molar-refractivity contribution in [2.24, 2.45) is 17.8 Å². The minimum Gasteiger partial charge on any atom is -0.464 e. The van der Waals surface area contributed by atoms with Crippen LogP contribution in [0.4, 0.5) is 4.39 Å². The molecule has 1 saturated heterocycles. The summed E-state index contributed by atoms with van der Waals surface area (Å²) in [5, 5.41) is 14.7. The van der Waals surface area contributed by atoms with Crippen molar-refractivity contribution in [3.05, 3.63) is 5.82 Å². The fourth-order valence-electron chi connectivity index (χ4n) is 4.86. The maximum absolute atomic E-state index is 15.8. The van der Waals surface area contributed by atoms with Gasteiger partial charge in [0.25, 0.3) is 0 Å². The van der Waals surface area contributed by atoms with Gasteiger partial charge >= 0.3 is 11.9 Å². The normalized spacial score (nSPS) is 27.7. The number of alkyl halides is 1. The maximum atomic E-state index is 15.8. The van der Waals surface area contributed by atoms with Gasteiger partial charge in [-0.2, -0.15) is 4.68 Å². The summed E-state index contributed by atoms with van der Waals surface area (Å²) in [5.74, 6) is 0.786. The van der Waals surface area contributed by atoms with Gasteiger partial charge in [-0.3, -0.25) is 9.59 Å². The Hall–Kier alpha value is -2.10. The fourth-order valence-corrected chi connectivity index (χ4v) is 4.86. The number of nitrogens with zero attached hydrogens (tertiary/aromatic N) is 4. The molecule has 3 rings (SSSR count). The fraction of sp³-hybridized carbons (Fsp3) is 0.864. The number of aryl methyl sites for hydroxylation is 1. The first kappa shape index (κ1) is 24.5. The molecule has 32 heavy (non-hydrogen) atoms. The molecule has 1 N–H and O–H groups in total. The number of piperidine rings is 1. The number of aromatic nitrogens is 4. The molecule has 0 spiro atoms. The predicted molar refractivity (Wildman–Crippen MR) is 114 cm³/mol. The van der Waals surface area contributed by atoms with E-state index in [0.29, 0.717) is 56.4 Å². The third-order valence-electron chi connectivity index (χ3n) is 7.12. The Morgan fingerprint density at radius 3 is 2.78 bits per heavy atom. The number of fused-ring (bicyclic) bond motifs is 1. The molecule has 4 atom stereocenters. The summed E-state index contributed by atoms with van der Waals surface area (Å²) in [5.41, 5.74) is -1.32. The first-order valence-corrected chi connectivity index (χ1v) is 11.8. The smallest absolute Gasteiger partial charge is 0.323 e. The lowest BCUT2D eigenvalue weighted by Crippen LogP contribution is -2.52. The van der Waals surface area contributed by atoms with Crippen molar-refractivity contribution in [3.63, 3.8) is 0 Å². The average Bonchev–Trinajstić information content (AvgIpc) is 3.24. The molecule has 0 radical (unpaired) electrons. The summed E-state index contributed by atoms with van der Waals surface area (Å²) in [6.45, 7) is 6.62. The number of nitrogens with one attached hydrogen (secondary N) is 1. The Kier molecular flexibility index (Phi) is 8.56. The minimum atomic E-state index is -1.32. The highest BCUT2D eigenvalue weighted by atomic mass is 19.1. The van der Waals surface area contributed by atoms with Crippen LogP contribution in [0.1, 0.15) is 71.5 Å². The Bertz CT molecular complexity index is 771. The molecule has 2 heterocycles. The van der Waals surface area contributed by atoms with E-state index in [1.165, 1.54) is 11.6 Å². The summed E-state index contributed by atoms with van der Waals surface area (Å²) in [7, 11) is 0. The standard InChI is InChI=1S/C22H36FN5O4/c1-4-16(5-2)13-31-21(30)19-10-18-11-22(23,8-6-17(18)12-24-19)9-7-20-25-26-27-28(20)14-32-15(3)29/h16-19,24H,4-14H2,1-3H3/t17-,18-,19-,22-/m0/s1. The van der Waals surface area contributed by atoms with Crippen LogP contribution in [0, 0.1) is 17.8 Å². The third-order valence-corrected chi connectivity index (χ3v) is 7.12. The zero-order chi connectivity index (χ0) is 23.1. The predicted octanol–water partition coefficient (Wildman–Crippen LogP) is 2.59. The van der Waals surface area contributed by atoms with Crippen LogP contribution in [0.25, 0.3) is 0 Å². The Morgan fingerprint density at radius 1 is 1.28 bits per heavy atom. The molecule has 0 bridgehead atoms. The van der Waals surface area contributed by atoms with Gasteiger partial charge in [0, 0.05) is 13.3 Å². The van der Waals surface area contributed by atoms with Crippen LogP contribution in [-0.2, 0) is 32.2 Å². The molecule has 1 aromatic heterocycles. The summed E-state index contributed by atoms with van der Waals surface area (Å²) in [6, 6.07) is -0.357. The Labute approximate surface area is 188 Å². The highest BCUT2D eigenvalue weighted by molar-refractivity contribution is 5.76. The van der Waals surface area contributed by atoms with Crippen molar-refractivity contribution < 1.29 is 23.5 Å². The van der Waals surface area contributed by atoms with Crippen molar-refractivity contribution in [1.29, 1.82) is 0 Å². The van der Waals surface area contributed by atoms with E-state index >= 15 is 4.39 Å². The molecule has 1 aliphatic carbocycles. The monoisotopic (exact) mass is 453 g/mol. The molecule has 0 aromatic carbocycles. The molecule has 180 valence electrons. The molecule has 1 aliphatic heterocycles. The van der Waals surface area contributed by atoms with Crippen molar-refractivity contribution in [2.75, 3.05) is 13.2 Å². The molecule has 9 nitrogen and oxygen atoms in total. The molecule has 10 heteroatoms. The molecule has 1 saturated carbocycles. The second-order valence-corrected chi connectivity index (χ2v) is 9.28. The SMILES string of the molecule is CCC(CC)COC(=O)[C@@H]1C[C@H]2C[C@@](F)(CCc3nnnn3COC(C)=O)CC[C@H]2CN1. The van der Waals surface area contributed by atoms with E-state index in [4.69, 9.17) is 9.47 Å². The van der Waals surface area contributed by atoms with Gasteiger partial charge in [-0.05, 0) is 66.8 Å². The number of rotatable bonds is 10. The zero-order valence-corrected chi connectivity index (χ0v) is 19.4. The lowest BCUT2D eigenvalue weighted by Gasteiger charge is -2.44. The Balaban J connectivity index is 1.52. The van der Waals surface area contributed by atoms with Gasteiger partial charge in [0.2, 0.25) is 0 Å². The number of tetrazole rings is 1. The lowest BCUT2D eigenvalue weighted by atomic mass is 9.67. The molecule has 0 unspecified atom stereocenters. The van der Waals surface area contributed by atoms with E-state index in [0.717, 1.165) is 25.8 Å². The van der Waals surface area contributed by atoms with E-state index in [1.54, 1.807) is 0 Å². The first-order chi connectivity index (χ1) is 15.3. The third kappa shape index (κ3) is 6.46. The summed E-state index contributed by atoms with van der Waals surface area (Å²) >= 11 is 0. The molecular weight excluding hydrogens is 417 g/mol. The molecule has 2 fully saturated rings. The number of carbonyl (C=O) groups excluding carboxylic acids is 2. The summed E-state index contributed by atoms with van der Waals surface area (Å²) in [6.07, 6.45) is 4.97. The zero-order valence-electron chi connectivity index (χ0n) is 19.4. The van der Waals surface area contributed by atoms with Gasteiger partial charge in [0.15, 0.2) is 12.6 Å². The van der Waals surface area contributed by atoms with E-state index in [9.17, 15) is 9.59 Å². The second kappa shape index (κ2) is 11.2. The van der Waals surface area contributed by atoms with Gasteiger partial charge in [0.05, 0.1) is 6.61 Å². The van der Waals surface area contributed by atoms with Crippen LogP contribution in [0.5, 0.6) is 0 Å².